The number of aromatic nitrogens is 3. The van der Waals surface area contributed by atoms with Crippen LogP contribution in [0.3, 0.4) is 0 Å². The van der Waals surface area contributed by atoms with Crippen LogP contribution in [0.2, 0.25) is 0 Å². The number of methoxy groups -OCH3 is 3. The third-order valence-corrected chi connectivity index (χ3v) is 8.14. The van der Waals surface area contributed by atoms with Gasteiger partial charge in [-0.3, -0.25) is 9.80 Å². The van der Waals surface area contributed by atoms with Crippen molar-refractivity contribution in [2.24, 2.45) is 0 Å². The van der Waals surface area contributed by atoms with Crippen LogP contribution in [0.25, 0.3) is 11.1 Å². The molecule has 1 aromatic carbocycles. The Balaban J connectivity index is 1.83. The summed E-state index contributed by atoms with van der Waals surface area (Å²) in [6.45, 7) is 4.26. The lowest BCUT2D eigenvalue weighted by Crippen LogP contribution is -2.45. The fourth-order valence-electron chi connectivity index (χ4n) is 4.03. The first-order valence-electron chi connectivity index (χ1n) is 13.0. The van der Waals surface area contributed by atoms with Gasteiger partial charge in [0.2, 0.25) is 21.9 Å². The highest BCUT2D eigenvalue weighted by atomic mass is 32.2. The van der Waals surface area contributed by atoms with Gasteiger partial charge in [-0.05, 0) is 32.9 Å². The van der Waals surface area contributed by atoms with Gasteiger partial charge >= 0.3 is 6.18 Å². The molecule has 3 aromatic rings. The van der Waals surface area contributed by atoms with E-state index in [1.807, 2.05) is 4.72 Å². The van der Waals surface area contributed by atoms with Gasteiger partial charge in [0.15, 0.2) is 5.82 Å². The van der Waals surface area contributed by atoms with Gasteiger partial charge in [-0.15, -0.1) is 0 Å². The molecule has 1 amide bonds. The van der Waals surface area contributed by atoms with Crippen LogP contribution in [0.5, 0.6) is 17.4 Å². The number of amides is 1. The van der Waals surface area contributed by atoms with Crippen molar-refractivity contribution < 1.29 is 40.6 Å². The Morgan fingerprint density at radius 1 is 1.02 bits per heavy atom. The van der Waals surface area contributed by atoms with Gasteiger partial charge in [0.1, 0.15) is 23.1 Å². The van der Waals surface area contributed by atoms with E-state index in [1.54, 1.807) is 18.2 Å². The summed E-state index contributed by atoms with van der Waals surface area (Å²) < 4.78 is 83.4. The SMILES string of the molecule is COc1cc(Nc2ncc(-c3cnc(OC)c(C(=O)NS(=O)(=O)C(C)C)c3)c(N3NC(C(F)(F)F)C=C3C)n2)cc(OC)c1. The van der Waals surface area contributed by atoms with E-state index in [-0.39, 0.29) is 40.0 Å². The van der Waals surface area contributed by atoms with E-state index in [0.717, 1.165) is 11.1 Å². The highest BCUT2D eigenvalue weighted by Gasteiger charge is 2.43. The normalized spacial score (nSPS) is 15.2. The molecule has 2 aromatic heterocycles. The Hall–Kier alpha value is -4.64. The predicted octanol–water partition coefficient (Wildman–Crippen LogP) is 3.94. The number of carbonyl (C=O) groups is 1. The molecule has 1 aliphatic heterocycles. The standard InChI is InChI=1S/C27H30F3N7O6S/c1-14(2)44(39,40)36-24(38)20-8-16(12-31-25(20)43-6)21-13-32-26(33-17-9-18(41-4)11-19(10-17)42-5)34-23(21)37-15(3)7-22(35-37)27(28,29)30/h7-14,22,35H,1-6H3,(H,36,38)(H,32,33,34). The molecule has 13 nitrogen and oxygen atoms in total. The largest absolute Gasteiger partial charge is 0.497 e. The maximum atomic E-state index is 13.7. The van der Waals surface area contributed by atoms with Crippen LogP contribution in [-0.4, -0.2) is 68.1 Å². The lowest BCUT2D eigenvalue weighted by atomic mass is 10.1. The van der Waals surface area contributed by atoms with E-state index in [1.165, 1.54) is 60.6 Å². The first-order valence-corrected chi connectivity index (χ1v) is 14.5. The van der Waals surface area contributed by atoms with Crippen LogP contribution in [0.15, 0.2) is 48.4 Å². The Morgan fingerprint density at radius 3 is 2.23 bits per heavy atom. The van der Waals surface area contributed by atoms with Crippen LogP contribution < -0.4 is 34.7 Å². The molecule has 1 atom stereocenters. The molecule has 236 valence electrons. The Morgan fingerprint density at radius 2 is 1.68 bits per heavy atom. The predicted molar refractivity (Wildman–Crippen MR) is 155 cm³/mol. The fraction of sp³-hybridized carbons (Fsp3) is 0.333. The van der Waals surface area contributed by atoms with E-state index in [4.69, 9.17) is 14.2 Å². The molecule has 3 heterocycles. The zero-order chi connectivity index (χ0) is 32.4. The molecule has 3 N–H and O–H groups in total. The van der Waals surface area contributed by atoms with Crippen LogP contribution in [0.4, 0.5) is 30.6 Å². The minimum absolute atomic E-state index is 0.00609. The van der Waals surface area contributed by atoms with Crippen molar-refractivity contribution >= 4 is 33.4 Å². The van der Waals surface area contributed by atoms with Gasteiger partial charge in [-0.1, -0.05) is 0 Å². The van der Waals surface area contributed by atoms with Crippen LogP contribution in [-0.2, 0) is 10.0 Å². The number of hydrazine groups is 1. The second-order valence-electron chi connectivity index (χ2n) is 9.75. The van der Waals surface area contributed by atoms with E-state index in [2.05, 4.69) is 25.7 Å². The first kappa shape index (κ1) is 32.3. The number of hydrogen-bond acceptors (Lipinski definition) is 12. The highest BCUT2D eigenvalue weighted by Crippen LogP contribution is 2.37. The molecule has 0 bridgehead atoms. The van der Waals surface area contributed by atoms with Crippen molar-refractivity contribution in [1.82, 2.24) is 25.1 Å². The number of hydrogen-bond donors (Lipinski definition) is 3. The second-order valence-corrected chi connectivity index (χ2v) is 12.0. The Labute approximate surface area is 251 Å². The number of rotatable bonds is 10. The number of sulfonamides is 1. The summed E-state index contributed by atoms with van der Waals surface area (Å²) in [5.41, 5.74) is 3.16. The average molecular weight is 638 g/mol. The monoisotopic (exact) mass is 637 g/mol. The van der Waals surface area contributed by atoms with Crippen molar-refractivity contribution in [2.45, 2.75) is 38.2 Å². The smallest absolute Gasteiger partial charge is 0.409 e. The molecule has 44 heavy (non-hydrogen) atoms. The summed E-state index contributed by atoms with van der Waals surface area (Å²) in [6.07, 6.45) is -0.983. The molecule has 4 rings (SSSR count). The van der Waals surface area contributed by atoms with Gasteiger partial charge in [-0.25, -0.2) is 28.5 Å². The summed E-state index contributed by atoms with van der Waals surface area (Å²) in [4.78, 5) is 26.0. The third kappa shape index (κ3) is 6.94. The van der Waals surface area contributed by atoms with Crippen molar-refractivity contribution in [1.29, 1.82) is 0 Å². The topological polar surface area (TPSA) is 157 Å². The van der Waals surface area contributed by atoms with Gasteiger partial charge in [-0.2, -0.15) is 18.2 Å². The molecule has 1 unspecified atom stereocenters. The lowest BCUT2D eigenvalue weighted by molar-refractivity contribution is -0.142. The van der Waals surface area contributed by atoms with Gasteiger partial charge in [0.05, 0.1) is 26.6 Å². The number of nitrogens with one attached hydrogen (secondary N) is 3. The average Bonchev–Trinajstić information content (AvgIpc) is 3.38. The molecule has 0 aliphatic carbocycles. The van der Waals surface area contributed by atoms with E-state index in [0.29, 0.717) is 17.2 Å². The fourth-order valence-corrected chi connectivity index (χ4v) is 4.64. The quantitative estimate of drug-likeness (QED) is 0.295. The zero-order valence-electron chi connectivity index (χ0n) is 24.5. The summed E-state index contributed by atoms with van der Waals surface area (Å²) in [5.74, 6) is -0.272. The number of allylic oxidation sites excluding steroid dienone is 1. The van der Waals surface area contributed by atoms with Gasteiger partial charge < -0.3 is 19.5 Å². The number of carbonyl (C=O) groups excluding carboxylic acids is 1. The summed E-state index contributed by atoms with van der Waals surface area (Å²) >= 11 is 0. The molecule has 0 fully saturated rings. The maximum Gasteiger partial charge on any atom is 0.409 e. The molecule has 1 aliphatic rings. The van der Waals surface area contributed by atoms with Gasteiger partial charge in [0, 0.05) is 53.1 Å². The van der Waals surface area contributed by atoms with Crippen LogP contribution in [0, 0.1) is 0 Å². The maximum absolute atomic E-state index is 13.7. The Kier molecular flexibility index (Phi) is 9.19. The molecule has 17 heteroatoms. The summed E-state index contributed by atoms with van der Waals surface area (Å²) in [5, 5.41) is 3.22. The number of pyridine rings is 1. The number of alkyl halides is 3. The van der Waals surface area contributed by atoms with Crippen molar-refractivity contribution in [2.75, 3.05) is 31.7 Å². The summed E-state index contributed by atoms with van der Waals surface area (Å²) in [6, 6.07) is 4.22. The number of nitrogens with zero attached hydrogens (tertiary/aromatic N) is 4. The molecule has 0 saturated carbocycles. The summed E-state index contributed by atoms with van der Waals surface area (Å²) in [7, 11) is 0.190. The molecule has 0 saturated heterocycles. The highest BCUT2D eigenvalue weighted by molar-refractivity contribution is 7.90. The van der Waals surface area contributed by atoms with Crippen LogP contribution in [0.1, 0.15) is 31.1 Å². The minimum Gasteiger partial charge on any atom is -0.497 e. The van der Waals surface area contributed by atoms with Crippen molar-refractivity contribution in [3.8, 4) is 28.5 Å². The van der Waals surface area contributed by atoms with E-state index >= 15 is 0 Å². The van der Waals surface area contributed by atoms with Crippen molar-refractivity contribution in [3.05, 3.63) is 54.0 Å². The van der Waals surface area contributed by atoms with E-state index < -0.39 is 33.4 Å². The second kappa shape index (κ2) is 12.5. The zero-order valence-corrected chi connectivity index (χ0v) is 25.3. The lowest BCUT2D eigenvalue weighted by Gasteiger charge is -2.25. The Bertz CT molecular complexity index is 1680. The first-order chi connectivity index (χ1) is 20.7. The molecule has 0 radical (unpaired) electrons. The van der Waals surface area contributed by atoms with Crippen LogP contribution >= 0.6 is 0 Å². The number of halogens is 3. The third-order valence-electron chi connectivity index (χ3n) is 6.43. The number of ether oxygens (including phenoxy) is 3. The van der Waals surface area contributed by atoms with Crippen molar-refractivity contribution in [3.63, 3.8) is 0 Å². The van der Waals surface area contributed by atoms with E-state index in [9.17, 15) is 26.4 Å². The minimum atomic E-state index is -4.60. The number of anilines is 3. The number of benzene rings is 1. The molecular weight excluding hydrogens is 607 g/mol. The molecular formula is C27H30F3N7O6S. The van der Waals surface area contributed by atoms with Gasteiger partial charge in [0.25, 0.3) is 5.91 Å². The molecule has 0 spiro atoms.